The number of hydrogen-bond acceptors (Lipinski definition) is 9. The van der Waals surface area contributed by atoms with E-state index in [1.54, 1.807) is 30.3 Å². The van der Waals surface area contributed by atoms with E-state index in [-0.39, 0.29) is 38.2 Å². The molecule has 0 aliphatic carbocycles. The Bertz CT molecular complexity index is 1370. The molecule has 18 heteroatoms. The summed E-state index contributed by atoms with van der Waals surface area (Å²) in [5.41, 5.74) is 22.8. The SMILES string of the molecule is C[C@H](NC(=O)[C@H](CCCN=C(N)N)NC(=O)[C@H](Cc1ccccc1)NC(=O)[C@H](Cc1cnc[nH]1)NC(=O)[C@@H](N)CC(=O)O)C(N)=O. The number of rotatable bonds is 19. The second-order valence-electron chi connectivity index (χ2n) is 10.4. The minimum Gasteiger partial charge on any atom is -0.481 e. The fourth-order valence-electron chi connectivity index (χ4n) is 4.15. The zero-order valence-corrected chi connectivity index (χ0v) is 25.3. The third kappa shape index (κ3) is 13.0. The summed E-state index contributed by atoms with van der Waals surface area (Å²) in [4.78, 5) is 86.2. The van der Waals surface area contributed by atoms with Crippen molar-refractivity contribution in [1.29, 1.82) is 0 Å². The van der Waals surface area contributed by atoms with Gasteiger partial charge in [0, 0.05) is 31.3 Å². The largest absolute Gasteiger partial charge is 0.481 e. The van der Waals surface area contributed by atoms with Crippen LogP contribution in [0.15, 0.2) is 47.8 Å². The first-order valence-corrected chi connectivity index (χ1v) is 14.3. The molecule has 2 aromatic rings. The molecular weight excluding hydrogens is 602 g/mol. The Kier molecular flexibility index (Phi) is 14.6. The van der Waals surface area contributed by atoms with Crippen molar-refractivity contribution < 1.29 is 33.9 Å². The molecule has 1 aromatic carbocycles. The van der Waals surface area contributed by atoms with Gasteiger partial charge in [0.2, 0.25) is 29.5 Å². The van der Waals surface area contributed by atoms with Crippen molar-refractivity contribution >= 4 is 41.5 Å². The van der Waals surface area contributed by atoms with Crippen molar-refractivity contribution in [1.82, 2.24) is 31.2 Å². The van der Waals surface area contributed by atoms with E-state index >= 15 is 0 Å². The molecule has 1 heterocycles. The summed E-state index contributed by atoms with van der Waals surface area (Å²) in [5, 5.41) is 19.2. The van der Waals surface area contributed by atoms with Crippen LogP contribution in [0.1, 0.15) is 37.4 Å². The van der Waals surface area contributed by atoms with Gasteiger partial charge in [-0.3, -0.25) is 33.8 Å². The number of carbonyl (C=O) groups excluding carboxylic acids is 5. The molecule has 5 atom stereocenters. The van der Waals surface area contributed by atoms with E-state index in [1.165, 1.54) is 19.4 Å². The van der Waals surface area contributed by atoms with Gasteiger partial charge in [0.15, 0.2) is 5.96 Å². The van der Waals surface area contributed by atoms with Gasteiger partial charge in [-0.05, 0) is 25.3 Å². The number of primary amides is 1. The molecule has 18 nitrogen and oxygen atoms in total. The highest BCUT2D eigenvalue weighted by molar-refractivity contribution is 5.96. The lowest BCUT2D eigenvalue weighted by Gasteiger charge is -2.26. The van der Waals surface area contributed by atoms with Crippen molar-refractivity contribution in [3.63, 3.8) is 0 Å². The summed E-state index contributed by atoms with van der Waals surface area (Å²) in [6, 6.07) is 2.50. The summed E-state index contributed by atoms with van der Waals surface area (Å²) in [6.07, 6.45) is 2.34. The number of aliphatic carboxylic acids is 1. The number of nitrogens with one attached hydrogen (secondary N) is 5. The van der Waals surface area contributed by atoms with Crippen LogP contribution >= 0.6 is 0 Å². The van der Waals surface area contributed by atoms with Crippen LogP contribution in [0.5, 0.6) is 0 Å². The Hall–Kier alpha value is -5.52. The van der Waals surface area contributed by atoms with E-state index in [1.807, 2.05) is 0 Å². The van der Waals surface area contributed by atoms with Crippen LogP contribution in [0.3, 0.4) is 0 Å². The maximum atomic E-state index is 13.7. The molecule has 0 saturated heterocycles. The fraction of sp³-hybridized carbons (Fsp3) is 0.429. The molecule has 250 valence electrons. The van der Waals surface area contributed by atoms with Gasteiger partial charge in [0.05, 0.1) is 18.8 Å². The van der Waals surface area contributed by atoms with Crippen LogP contribution in [0.25, 0.3) is 0 Å². The fourth-order valence-corrected chi connectivity index (χ4v) is 4.15. The molecule has 0 fully saturated rings. The first-order valence-electron chi connectivity index (χ1n) is 14.3. The Morgan fingerprint density at radius 2 is 1.46 bits per heavy atom. The van der Waals surface area contributed by atoms with Crippen LogP contribution in [0, 0.1) is 0 Å². The normalized spacial score (nSPS) is 14.0. The van der Waals surface area contributed by atoms with Gasteiger partial charge >= 0.3 is 5.97 Å². The first kappa shape index (κ1) is 36.7. The van der Waals surface area contributed by atoms with E-state index in [2.05, 4.69) is 36.2 Å². The molecule has 14 N–H and O–H groups in total. The topological polar surface area (TPSA) is 316 Å². The average Bonchev–Trinajstić information content (AvgIpc) is 3.51. The van der Waals surface area contributed by atoms with Crippen molar-refractivity contribution in [2.45, 2.75) is 69.2 Å². The van der Waals surface area contributed by atoms with Crippen LogP contribution in [0.4, 0.5) is 0 Å². The quantitative estimate of drug-likeness (QED) is 0.0406. The number of carboxylic acid groups (broad SMARTS) is 1. The third-order valence-corrected chi connectivity index (χ3v) is 6.62. The molecule has 0 spiro atoms. The van der Waals surface area contributed by atoms with E-state index in [0.29, 0.717) is 11.3 Å². The molecule has 0 aliphatic heterocycles. The Morgan fingerprint density at radius 3 is 2.02 bits per heavy atom. The maximum absolute atomic E-state index is 13.7. The number of benzene rings is 1. The molecule has 46 heavy (non-hydrogen) atoms. The first-order chi connectivity index (χ1) is 21.8. The molecule has 1 aromatic heterocycles. The van der Waals surface area contributed by atoms with Gasteiger partial charge in [0.25, 0.3) is 0 Å². The van der Waals surface area contributed by atoms with E-state index in [4.69, 9.17) is 28.0 Å². The predicted molar refractivity (Wildman–Crippen MR) is 165 cm³/mol. The second-order valence-corrected chi connectivity index (χ2v) is 10.4. The number of aliphatic imine (C=N–C) groups is 1. The number of carboxylic acids is 1. The molecule has 0 unspecified atom stereocenters. The van der Waals surface area contributed by atoms with Gasteiger partial charge in [-0.1, -0.05) is 30.3 Å². The third-order valence-electron chi connectivity index (χ3n) is 6.62. The number of aromatic amines is 1. The van der Waals surface area contributed by atoms with E-state index in [9.17, 15) is 28.8 Å². The van der Waals surface area contributed by atoms with Crippen molar-refractivity contribution in [2.24, 2.45) is 27.9 Å². The minimum absolute atomic E-state index is 0.0122. The molecule has 0 aliphatic rings. The van der Waals surface area contributed by atoms with Crippen molar-refractivity contribution in [3.8, 4) is 0 Å². The summed E-state index contributed by atoms with van der Waals surface area (Å²) in [7, 11) is 0. The lowest BCUT2D eigenvalue weighted by atomic mass is 10.0. The minimum atomic E-state index is -1.45. The summed E-state index contributed by atoms with van der Waals surface area (Å²) < 4.78 is 0. The maximum Gasteiger partial charge on any atom is 0.305 e. The number of guanidine groups is 1. The summed E-state index contributed by atoms with van der Waals surface area (Å²) >= 11 is 0. The van der Waals surface area contributed by atoms with Crippen LogP contribution in [-0.2, 0) is 41.6 Å². The Balaban J connectivity index is 2.33. The predicted octanol–water partition coefficient (Wildman–Crippen LogP) is -3.51. The number of hydrogen-bond donors (Lipinski definition) is 10. The highest BCUT2D eigenvalue weighted by Gasteiger charge is 2.32. The zero-order valence-electron chi connectivity index (χ0n) is 25.3. The number of carbonyl (C=O) groups is 6. The molecule has 5 amide bonds. The molecule has 2 rings (SSSR count). The smallest absolute Gasteiger partial charge is 0.305 e. The van der Waals surface area contributed by atoms with Crippen LogP contribution in [-0.4, -0.2) is 93.3 Å². The van der Waals surface area contributed by atoms with Crippen molar-refractivity contribution in [3.05, 3.63) is 54.1 Å². The number of nitrogens with zero attached hydrogens (tertiary/aromatic N) is 2. The van der Waals surface area contributed by atoms with E-state index < -0.39 is 72.1 Å². The van der Waals surface area contributed by atoms with Gasteiger partial charge < -0.3 is 54.3 Å². The lowest BCUT2D eigenvalue weighted by Crippen LogP contribution is -2.59. The molecule has 0 bridgehead atoms. The number of nitrogens with two attached hydrogens (primary N) is 4. The molecule has 0 saturated carbocycles. The number of amides is 5. The highest BCUT2D eigenvalue weighted by atomic mass is 16.4. The number of H-pyrrole nitrogens is 1. The number of aromatic nitrogens is 2. The highest BCUT2D eigenvalue weighted by Crippen LogP contribution is 2.08. The van der Waals surface area contributed by atoms with Gasteiger partial charge in [-0.25, -0.2) is 4.98 Å². The van der Waals surface area contributed by atoms with Crippen LogP contribution in [0.2, 0.25) is 0 Å². The van der Waals surface area contributed by atoms with E-state index in [0.717, 1.165) is 0 Å². The standard InChI is InChI=1S/C28H41N11O7/c1-15(23(30)42)36-25(44)19(8-5-9-34-28(31)32)37-26(45)20(10-16-6-3-2-4-7-16)39-27(46)21(11-17-13-33-14-35-17)38-24(43)18(29)12-22(40)41/h2-4,6-7,13-15,18-21H,5,8-12,29H2,1H3,(H2,30,42)(H,33,35)(H,36,44)(H,37,45)(H,38,43)(H,39,46)(H,40,41)(H4,31,32,34)/t15-,18-,19-,20-,21-/m0/s1. The molecule has 0 radical (unpaired) electrons. The monoisotopic (exact) mass is 643 g/mol. The second kappa shape index (κ2) is 18.3. The Labute approximate surface area is 264 Å². The average molecular weight is 644 g/mol. The van der Waals surface area contributed by atoms with Gasteiger partial charge in [0.1, 0.15) is 24.2 Å². The summed E-state index contributed by atoms with van der Waals surface area (Å²) in [6.45, 7) is 1.53. The zero-order chi connectivity index (χ0) is 34.2. The number of imidazole rings is 1. The lowest BCUT2D eigenvalue weighted by molar-refractivity contribution is -0.140. The van der Waals surface area contributed by atoms with Crippen LogP contribution < -0.4 is 44.2 Å². The molecular formula is C28H41N11O7. The van der Waals surface area contributed by atoms with Crippen molar-refractivity contribution in [2.75, 3.05) is 6.54 Å². The van der Waals surface area contributed by atoms with Gasteiger partial charge in [-0.15, -0.1) is 0 Å². The van der Waals surface area contributed by atoms with Gasteiger partial charge in [-0.2, -0.15) is 0 Å². The Morgan fingerprint density at radius 1 is 0.870 bits per heavy atom. The summed E-state index contributed by atoms with van der Waals surface area (Å²) in [5.74, 6) is -5.39.